The van der Waals surface area contributed by atoms with Crippen LogP contribution in [0.5, 0.6) is 0 Å². The molecule has 18 heavy (non-hydrogen) atoms. The minimum atomic E-state index is -0.179. The fourth-order valence-electron chi connectivity index (χ4n) is 1.95. The minimum Gasteiger partial charge on any atom is -0.411 e. The highest BCUT2D eigenvalue weighted by Crippen LogP contribution is 2.15. The van der Waals surface area contributed by atoms with Gasteiger partial charge >= 0.3 is 0 Å². The molecule has 3 aromatic rings. The van der Waals surface area contributed by atoms with E-state index in [1.807, 2.05) is 18.2 Å². The van der Waals surface area contributed by atoms with Gasteiger partial charge in [-0.2, -0.15) is 0 Å². The summed E-state index contributed by atoms with van der Waals surface area (Å²) in [6, 6.07) is 15.9. The van der Waals surface area contributed by atoms with Crippen molar-refractivity contribution >= 4 is 10.9 Å². The van der Waals surface area contributed by atoms with E-state index in [2.05, 4.69) is 5.10 Å². The molecule has 0 amide bonds. The predicted octanol–water partition coefficient (Wildman–Crippen LogP) is 2.30. The van der Waals surface area contributed by atoms with Gasteiger partial charge < -0.3 is 5.21 Å². The van der Waals surface area contributed by atoms with Gasteiger partial charge in [-0.25, -0.2) is 0 Å². The summed E-state index contributed by atoms with van der Waals surface area (Å²) < 4.78 is 0. The summed E-state index contributed by atoms with van der Waals surface area (Å²) in [6.07, 6.45) is 0. The molecular weight excluding hydrogens is 228 g/mol. The Labute approximate surface area is 103 Å². The zero-order valence-electron chi connectivity index (χ0n) is 9.45. The first-order chi connectivity index (χ1) is 8.77. The van der Waals surface area contributed by atoms with E-state index in [1.54, 1.807) is 36.4 Å². The van der Waals surface area contributed by atoms with Crippen LogP contribution in [0.1, 0.15) is 0 Å². The molecule has 0 aliphatic heterocycles. The van der Waals surface area contributed by atoms with Crippen LogP contribution in [-0.2, 0) is 0 Å². The van der Waals surface area contributed by atoms with Crippen molar-refractivity contribution in [3.63, 3.8) is 0 Å². The van der Waals surface area contributed by atoms with Crippen molar-refractivity contribution < 1.29 is 5.21 Å². The van der Waals surface area contributed by atoms with Crippen LogP contribution in [0.3, 0.4) is 0 Å². The molecule has 0 fully saturated rings. The number of benzene rings is 2. The van der Waals surface area contributed by atoms with Crippen LogP contribution >= 0.6 is 0 Å². The molecule has 88 valence electrons. The number of para-hydroxylation sites is 1. The average molecular weight is 238 g/mol. The standard InChI is InChI=1S/C14H10N2O2/c17-14-11-8-4-5-9-12(11)16(18)15-13(14)10-6-2-1-3-7-10/h1-9,18H. The smallest absolute Gasteiger partial charge is 0.216 e. The molecule has 1 heterocycles. The third-order valence-electron chi connectivity index (χ3n) is 2.82. The first kappa shape index (κ1) is 10.5. The second-order valence-corrected chi connectivity index (χ2v) is 3.95. The molecule has 4 heteroatoms. The van der Waals surface area contributed by atoms with Gasteiger partial charge in [-0.1, -0.05) is 42.5 Å². The minimum absolute atomic E-state index is 0.179. The maximum absolute atomic E-state index is 12.3. The monoisotopic (exact) mass is 238 g/mol. The highest BCUT2D eigenvalue weighted by Gasteiger charge is 2.11. The van der Waals surface area contributed by atoms with Gasteiger partial charge in [-0.05, 0) is 12.1 Å². The number of rotatable bonds is 1. The van der Waals surface area contributed by atoms with E-state index in [9.17, 15) is 10.0 Å². The lowest BCUT2D eigenvalue weighted by Crippen LogP contribution is -2.14. The quantitative estimate of drug-likeness (QED) is 0.662. The lowest BCUT2D eigenvalue weighted by atomic mass is 10.1. The number of fused-ring (bicyclic) bond motifs is 1. The van der Waals surface area contributed by atoms with Crippen molar-refractivity contribution in [3.05, 3.63) is 64.8 Å². The molecule has 0 aliphatic carbocycles. The Hall–Kier alpha value is -2.62. The molecule has 0 atom stereocenters. The van der Waals surface area contributed by atoms with Crippen molar-refractivity contribution in [3.8, 4) is 11.3 Å². The van der Waals surface area contributed by atoms with E-state index in [0.29, 0.717) is 16.5 Å². The number of nitrogens with zero attached hydrogens (tertiary/aromatic N) is 2. The fourth-order valence-corrected chi connectivity index (χ4v) is 1.95. The summed E-state index contributed by atoms with van der Waals surface area (Å²) in [5.74, 6) is 0. The first-order valence-electron chi connectivity index (χ1n) is 5.54. The summed E-state index contributed by atoms with van der Waals surface area (Å²) in [5.41, 5.74) is 1.16. The summed E-state index contributed by atoms with van der Waals surface area (Å²) >= 11 is 0. The lowest BCUT2D eigenvalue weighted by Gasteiger charge is -2.05. The third-order valence-corrected chi connectivity index (χ3v) is 2.82. The molecule has 0 saturated carbocycles. The van der Waals surface area contributed by atoms with E-state index in [-0.39, 0.29) is 11.1 Å². The molecule has 0 aliphatic rings. The molecule has 0 unspecified atom stereocenters. The van der Waals surface area contributed by atoms with Gasteiger partial charge in [0.2, 0.25) is 5.43 Å². The Kier molecular flexibility index (Phi) is 2.34. The van der Waals surface area contributed by atoms with Gasteiger partial charge in [0.05, 0.1) is 5.39 Å². The molecule has 1 aromatic heterocycles. The lowest BCUT2D eigenvalue weighted by molar-refractivity contribution is 0.159. The maximum Gasteiger partial charge on any atom is 0.216 e. The van der Waals surface area contributed by atoms with E-state index < -0.39 is 0 Å². The Morgan fingerprint density at radius 2 is 1.61 bits per heavy atom. The van der Waals surface area contributed by atoms with Gasteiger partial charge in [0.25, 0.3) is 0 Å². The van der Waals surface area contributed by atoms with Crippen molar-refractivity contribution in [2.75, 3.05) is 0 Å². The van der Waals surface area contributed by atoms with Crippen LogP contribution in [-0.4, -0.2) is 15.2 Å². The Morgan fingerprint density at radius 1 is 0.944 bits per heavy atom. The van der Waals surface area contributed by atoms with Crippen molar-refractivity contribution in [1.82, 2.24) is 9.94 Å². The van der Waals surface area contributed by atoms with Gasteiger partial charge in [-0.3, -0.25) is 4.79 Å². The Morgan fingerprint density at radius 3 is 2.39 bits per heavy atom. The highest BCUT2D eigenvalue weighted by atomic mass is 16.5. The molecule has 0 radical (unpaired) electrons. The zero-order chi connectivity index (χ0) is 12.5. The van der Waals surface area contributed by atoms with E-state index in [4.69, 9.17) is 0 Å². The van der Waals surface area contributed by atoms with Crippen LogP contribution < -0.4 is 5.43 Å². The van der Waals surface area contributed by atoms with Crippen molar-refractivity contribution in [1.29, 1.82) is 0 Å². The normalized spacial score (nSPS) is 10.7. The Bertz CT molecular complexity index is 764. The average Bonchev–Trinajstić information content (AvgIpc) is 2.44. The van der Waals surface area contributed by atoms with Crippen LogP contribution in [0.25, 0.3) is 22.2 Å². The van der Waals surface area contributed by atoms with Crippen LogP contribution in [0.15, 0.2) is 59.4 Å². The molecule has 2 aromatic carbocycles. The molecule has 3 rings (SSSR count). The second-order valence-electron chi connectivity index (χ2n) is 3.95. The third kappa shape index (κ3) is 1.55. The van der Waals surface area contributed by atoms with E-state index >= 15 is 0 Å². The van der Waals surface area contributed by atoms with E-state index in [1.165, 1.54) is 0 Å². The summed E-state index contributed by atoms with van der Waals surface area (Å²) in [5, 5.41) is 14.2. The predicted molar refractivity (Wildman–Crippen MR) is 68.6 cm³/mol. The Balaban J connectivity index is 2.39. The summed E-state index contributed by atoms with van der Waals surface area (Å²) in [4.78, 5) is 13.0. The largest absolute Gasteiger partial charge is 0.411 e. The highest BCUT2D eigenvalue weighted by molar-refractivity contribution is 5.81. The van der Waals surface area contributed by atoms with Gasteiger partial charge in [0.1, 0.15) is 11.2 Å². The van der Waals surface area contributed by atoms with Crippen molar-refractivity contribution in [2.45, 2.75) is 0 Å². The molecule has 0 saturated heterocycles. The van der Waals surface area contributed by atoms with Crippen LogP contribution in [0.4, 0.5) is 0 Å². The van der Waals surface area contributed by atoms with Crippen LogP contribution in [0, 0.1) is 0 Å². The fraction of sp³-hybridized carbons (Fsp3) is 0. The number of aromatic nitrogens is 2. The number of hydrogen-bond acceptors (Lipinski definition) is 3. The van der Waals surface area contributed by atoms with Gasteiger partial charge in [-0.15, -0.1) is 9.94 Å². The first-order valence-corrected chi connectivity index (χ1v) is 5.54. The topological polar surface area (TPSA) is 55.1 Å². The summed E-state index contributed by atoms with van der Waals surface area (Å²) in [6.45, 7) is 0. The van der Waals surface area contributed by atoms with Gasteiger partial charge in [0.15, 0.2) is 0 Å². The van der Waals surface area contributed by atoms with Gasteiger partial charge in [0, 0.05) is 5.56 Å². The molecule has 0 bridgehead atoms. The molecule has 1 N–H and O–H groups in total. The maximum atomic E-state index is 12.3. The molecular formula is C14H10N2O2. The number of hydrogen-bond donors (Lipinski definition) is 1. The molecule has 4 nitrogen and oxygen atoms in total. The zero-order valence-corrected chi connectivity index (χ0v) is 9.45. The summed E-state index contributed by atoms with van der Waals surface area (Å²) in [7, 11) is 0. The second kappa shape index (κ2) is 4.00. The SMILES string of the molecule is O=c1c(-c2ccccc2)nn(O)c2ccccc12. The van der Waals surface area contributed by atoms with Crippen molar-refractivity contribution in [2.24, 2.45) is 0 Å². The van der Waals surface area contributed by atoms with Crippen LogP contribution in [0.2, 0.25) is 0 Å². The van der Waals surface area contributed by atoms with E-state index in [0.717, 1.165) is 4.85 Å². The molecule has 0 spiro atoms.